The van der Waals surface area contributed by atoms with Gasteiger partial charge in [0.15, 0.2) is 0 Å². The van der Waals surface area contributed by atoms with E-state index in [1.807, 2.05) is 18.2 Å². The molecule has 3 unspecified atom stereocenters. The van der Waals surface area contributed by atoms with Crippen LogP contribution in [0.5, 0.6) is 5.75 Å². The van der Waals surface area contributed by atoms with Crippen LogP contribution in [0.2, 0.25) is 0 Å². The van der Waals surface area contributed by atoms with Gasteiger partial charge in [0.1, 0.15) is 22.5 Å². The highest BCUT2D eigenvalue weighted by Crippen LogP contribution is 2.36. The second kappa shape index (κ2) is 16.6. The number of carbonyl (C=O) groups is 2. The van der Waals surface area contributed by atoms with Gasteiger partial charge in [-0.25, -0.2) is 17.5 Å². The Kier molecular flexibility index (Phi) is 13.8. The molecule has 1 heterocycles. The summed E-state index contributed by atoms with van der Waals surface area (Å²) >= 11 is 0. The van der Waals surface area contributed by atoms with Crippen LogP contribution in [0.4, 0.5) is 4.39 Å². The zero-order chi connectivity index (χ0) is 29.4. The molecule has 1 aromatic heterocycles. The molecule has 1 aliphatic carbocycles. The first-order chi connectivity index (χ1) is 19.6. The van der Waals surface area contributed by atoms with Crippen molar-refractivity contribution in [3.63, 3.8) is 0 Å². The molecule has 0 radical (unpaired) electrons. The van der Waals surface area contributed by atoms with Gasteiger partial charge < -0.3 is 15.7 Å². The van der Waals surface area contributed by atoms with Crippen molar-refractivity contribution >= 4 is 46.7 Å². The Labute approximate surface area is 264 Å². The molecule has 234 valence electrons. The number of benzene rings is 2. The Bertz CT molecular complexity index is 1480. The lowest BCUT2D eigenvalue weighted by Gasteiger charge is -2.35. The molecule has 0 fully saturated rings. The van der Waals surface area contributed by atoms with Crippen molar-refractivity contribution in [2.45, 2.75) is 68.3 Å². The molecule has 9 nitrogen and oxygen atoms in total. The maximum absolute atomic E-state index is 13.9. The lowest BCUT2D eigenvalue weighted by atomic mass is 9.76. The van der Waals surface area contributed by atoms with Crippen LogP contribution in [0.3, 0.4) is 0 Å². The van der Waals surface area contributed by atoms with Crippen molar-refractivity contribution < 1.29 is 27.5 Å². The van der Waals surface area contributed by atoms with Gasteiger partial charge in [0.25, 0.3) is 0 Å². The lowest BCUT2D eigenvalue weighted by Crippen LogP contribution is -2.51. The van der Waals surface area contributed by atoms with Crippen LogP contribution in [0.15, 0.2) is 71.9 Å². The largest absolute Gasteiger partial charge is 0.508 e. The van der Waals surface area contributed by atoms with E-state index in [1.54, 1.807) is 24.5 Å². The maximum Gasteiger partial charge on any atom is 0.243 e. The summed E-state index contributed by atoms with van der Waals surface area (Å²) < 4.78 is 41.1. The minimum absolute atomic E-state index is 0. The molecule has 1 aliphatic rings. The van der Waals surface area contributed by atoms with Gasteiger partial charge in [0.2, 0.25) is 21.8 Å². The van der Waals surface area contributed by atoms with Gasteiger partial charge in [-0.05, 0) is 85.5 Å². The SMILES string of the molecule is CC(=O)NC(CCCCNS(=O)(=O)c1ccccc1F)C(=O)NC1CCc2cc(O)ccc2C1Cc1cccnc1.Cl.Cl. The van der Waals surface area contributed by atoms with Gasteiger partial charge in [0.05, 0.1) is 0 Å². The number of nitrogens with zero attached hydrogens (tertiary/aromatic N) is 1. The Balaban J connectivity index is 0.00000323. The van der Waals surface area contributed by atoms with Crippen LogP contribution >= 0.6 is 24.8 Å². The molecule has 0 bridgehead atoms. The molecule has 2 aromatic carbocycles. The monoisotopic (exact) mass is 654 g/mol. The normalized spacial score (nSPS) is 16.5. The third-order valence-electron chi connectivity index (χ3n) is 7.27. The number of aromatic nitrogens is 1. The number of carbonyl (C=O) groups excluding carboxylic acids is 2. The molecule has 4 N–H and O–H groups in total. The zero-order valence-electron chi connectivity index (χ0n) is 23.7. The number of amides is 2. The molecule has 0 spiro atoms. The first-order valence-corrected chi connectivity index (χ1v) is 15.1. The lowest BCUT2D eigenvalue weighted by molar-refractivity contribution is -0.129. The molecule has 2 amide bonds. The molecular weight excluding hydrogens is 618 g/mol. The minimum atomic E-state index is -4.00. The minimum Gasteiger partial charge on any atom is -0.508 e. The summed E-state index contributed by atoms with van der Waals surface area (Å²) in [5.74, 6) is -1.34. The maximum atomic E-state index is 13.9. The average molecular weight is 656 g/mol. The molecular formula is C30H37Cl2FN4O5S. The van der Waals surface area contributed by atoms with Gasteiger partial charge in [-0.15, -0.1) is 24.8 Å². The number of hydrogen-bond donors (Lipinski definition) is 4. The number of hydrogen-bond acceptors (Lipinski definition) is 6. The Morgan fingerprint density at radius 1 is 1.09 bits per heavy atom. The second-order valence-corrected chi connectivity index (χ2v) is 12.0. The van der Waals surface area contributed by atoms with E-state index in [1.165, 1.54) is 25.1 Å². The molecule has 3 aromatic rings. The Morgan fingerprint density at radius 3 is 2.56 bits per heavy atom. The van der Waals surface area contributed by atoms with E-state index in [-0.39, 0.29) is 60.9 Å². The highest BCUT2D eigenvalue weighted by Gasteiger charge is 2.33. The molecule has 0 saturated heterocycles. The van der Waals surface area contributed by atoms with E-state index >= 15 is 0 Å². The number of aromatic hydroxyl groups is 1. The summed E-state index contributed by atoms with van der Waals surface area (Å²) in [7, 11) is -4.00. The van der Waals surface area contributed by atoms with E-state index in [2.05, 4.69) is 20.3 Å². The highest BCUT2D eigenvalue weighted by molar-refractivity contribution is 7.89. The quantitative estimate of drug-likeness (QED) is 0.216. The number of sulfonamides is 1. The van der Waals surface area contributed by atoms with E-state index in [9.17, 15) is 27.5 Å². The molecule has 43 heavy (non-hydrogen) atoms. The highest BCUT2D eigenvalue weighted by atomic mass is 35.5. The first-order valence-electron chi connectivity index (χ1n) is 13.7. The average Bonchev–Trinajstić information content (AvgIpc) is 2.93. The molecule has 13 heteroatoms. The summed E-state index contributed by atoms with van der Waals surface area (Å²) in [6.45, 7) is 1.40. The third-order valence-corrected chi connectivity index (χ3v) is 8.77. The number of phenols is 1. The van der Waals surface area contributed by atoms with E-state index in [0.717, 1.165) is 22.8 Å². The molecule has 4 rings (SSSR count). The van der Waals surface area contributed by atoms with Gasteiger partial charge in [0, 0.05) is 37.8 Å². The Morgan fingerprint density at radius 2 is 1.86 bits per heavy atom. The van der Waals surface area contributed by atoms with Crippen molar-refractivity contribution in [1.29, 1.82) is 0 Å². The van der Waals surface area contributed by atoms with Crippen LogP contribution in [0.1, 0.15) is 55.2 Å². The zero-order valence-corrected chi connectivity index (χ0v) is 26.1. The van der Waals surface area contributed by atoms with Crippen molar-refractivity contribution in [2.24, 2.45) is 0 Å². The second-order valence-electron chi connectivity index (χ2n) is 10.3. The number of halogens is 3. The van der Waals surface area contributed by atoms with E-state index in [4.69, 9.17) is 0 Å². The van der Waals surface area contributed by atoms with Crippen molar-refractivity contribution in [1.82, 2.24) is 20.3 Å². The molecule has 0 saturated carbocycles. The molecule has 3 atom stereocenters. The summed E-state index contributed by atoms with van der Waals surface area (Å²) in [5, 5.41) is 15.9. The van der Waals surface area contributed by atoms with Gasteiger partial charge in [-0.3, -0.25) is 14.6 Å². The predicted molar refractivity (Wildman–Crippen MR) is 167 cm³/mol. The van der Waals surface area contributed by atoms with Crippen molar-refractivity contribution in [2.75, 3.05) is 6.54 Å². The number of rotatable bonds is 12. The number of nitrogens with one attached hydrogen (secondary N) is 3. The van der Waals surface area contributed by atoms with Crippen LogP contribution in [0, 0.1) is 5.82 Å². The van der Waals surface area contributed by atoms with Gasteiger partial charge in [-0.2, -0.15) is 0 Å². The van der Waals surface area contributed by atoms with Crippen LogP contribution in [-0.4, -0.2) is 49.0 Å². The van der Waals surface area contributed by atoms with Gasteiger partial charge in [-0.1, -0.05) is 24.3 Å². The third kappa shape index (κ3) is 9.89. The van der Waals surface area contributed by atoms with Crippen LogP contribution < -0.4 is 15.4 Å². The number of phenolic OH excluding ortho intramolecular Hbond substituents is 1. The summed E-state index contributed by atoms with van der Waals surface area (Å²) in [4.78, 5) is 29.1. The van der Waals surface area contributed by atoms with Crippen LogP contribution in [0.25, 0.3) is 0 Å². The fourth-order valence-electron chi connectivity index (χ4n) is 5.32. The fourth-order valence-corrected chi connectivity index (χ4v) is 6.47. The number of fused-ring (bicyclic) bond motifs is 1. The summed E-state index contributed by atoms with van der Waals surface area (Å²) in [6, 6.07) is 13.3. The predicted octanol–water partition coefficient (Wildman–Crippen LogP) is 4.18. The smallest absolute Gasteiger partial charge is 0.243 e. The van der Waals surface area contributed by atoms with Crippen molar-refractivity contribution in [3.8, 4) is 5.75 Å². The van der Waals surface area contributed by atoms with Crippen LogP contribution in [-0.2, 0) is 32.5 Å². The first kappa shape index (κ1) is 35.9. The van der Waals surface area contributed by atoms with Crippen molar-refractivity contribution in [3.05, 3.63) is 89.5 Å². The number of aryl methyl sites for hydroxylation is 1. The number of pyridine rings is 1. The standard InChI is InChI=1S/C30H35FN4O5S.2ClH/c1-20(36)34-28(9-4-5-16-33-41(39,40)29-10-3-2-8-26(29)31)30(38)35-27-14-11-22-18-23(37)12-13-24(22)25(27)17-21-7-6-15-32-19-21;;/h2-3,6-8,10,12-13,15,18-19,25,27-28,33,37H,4-5,9,11,14,16-17H2,1H3,(H,34,36)(H,35,38);2*1H. The Hall–Kier alpha value is -3.25. The number of unbranched alkanes of at least 4 members (excludes halogenated alkanes) is 1. The molecule has 0 aliphatic heterocycles. The summed E-state index contributed by atoms with van der Waals surface area (Å²) in [5.41, 5.74) is 3.12. The van der Waals surface area contributed by atoms with E-state index < -0.39 is 26.8 Å². The topological polar surface area (TPSA) is 137 Å². The summed E-state index contributed by atoms with van der Waals surface area (Å²) in [6.07, 6.45) is 6.64. The van der Waals surface area contributed by atoms with E-state index in [0.29, 0.717) is 38.5 Å². The van der Waals surface area contributed by atoms with Gasteiger partial charge >= 0.3 is 0 Å². The fraction of sp³-hybridized carbons (Fsp3) is 0.367.